The maximum Gasteiger partial charge on any atom is 0.387 e. The Morgan fingerprint density at radius 2 is 0.774 bits per heavy atom. The van der Waals surface area contributed by atoms with Crippen LogP contribution in [0, 0.1) is 27.7 Å². The highest BCUT2D eigenvalue weighted by atomic mass is 19.3. The second kappa shape index (κ2) is 33.3. The lowest BCUT2D eigenvalue weighted by molar-refractivity contribution is -0.146. The Labute approximate surface area is 607 Å². The number of esters is 1. The fraction of sp³-hybridized carbons (Fsp3) is 0.358. The van der Waals surface area contributed by atoms with Gasteiger partial charge in [-0.2, -0.15) is 35.1 Å². The van der Waals surface area contributed by atoms with E-state index in [9.17, 15) is 49.8 Å². The number of carbonyl (C=O) groups excluding carboxylic acids is 1. The van der Waals surface area contributed by atoms with Crippen LogP contribution < -0.4 is 18.9 Å². The van der Waals surface area contributed by atoms with Crippen molar-refractivity contribution in [1.29, 1.82) is 0 Å². The van der Waals surface area contributed by atoms with Crippen molar-refractivity contribution in [3.63, 3.8) is 0 Å². The van der Waals surface area contributed by atoms with Crippen molar-refractivity contribution in [3.05, 3.63) is 178 Å². The molecule has 558 valence electrons. The first-order valence-electron chi connectivity index (χ1n) is 35.2. The van der Waals surface area contributed by atoms with Gasteiger partial charge in [-0.05, 0) is 221 Å². The van der Waals surface area contributed by atoms with E-state index in [0.717, 1.165) is 136 Å². The van der Waals surface area contributed by atoms with Crippen LogP contribution in [0.1, 0.15) is 95.9 Å². The Morgan fingerprint density at radius 1 is 0.434 bits per heavy atom. The summed E-state index contributed by atoms with van der Waals surface area (Å²) in [6, 6.07) is 39.3. The Balaban J connectivity index is 0.000000197. The van der Waals surface area contributed by atoms with Crippen LogP contribution in [-0.4, -0.2) is 137 Å². The molecule has 25 heteroatoms. The first kappa shape index (κ1) is 75.8. The van der Waals surface area contributed by atoms with Crippen molar-refractivity contribution in [3.8, 4) is 90.4 Å². The third-order valence-corrected chi connectivity index (χ3v) is 20.6. The minimum atomic E-state index is -3.08. The van der Waals surface area contributed by atoms with Gasteiger partial charge < -0.3 is 43.1 Å². The molecule has 0 amide bonds. The minimum absolute atomic E-state index is 0. The van der Waals surface area contributed by atoms with E-state index < -0.39 is 44.5 Å². The molecule has 10 aromatic rings. The summed E-state index contributed by atoms with van der Waals surface area (Å²) >= 11 is 0. The number of methoxy groups -OCH3 is 1. The molecule has 14 rings (SSSR count). The molecule has 6 heterocycles. The minimum Gasteiger partial charge on any atom is -0.480 e. The number of hydrogen-bond acceptors (Lipinski definition) is 15. The van der Waals surface area contributed by atoms with Gasteiger partial charge in [-0.1, -0.05) is 84.9 Å². The molecule has 3 N–H and O–H groups in total. The van der Waals surface area contributed by atoms with E-state index in [1.807, 2.05) is 130 Å². The molecule has 2 atom stereocenters. The fourth-order valence-electron chi connectivity index (χ4n) is 15.3. The number of likely N-dealkylation sites (tertiary alicyclic amines) is 4. The molecule has 4 aliphatic heterocycles. The van der Waals surface area contributed by atoms with Crippen molar-refractivity contribution >= 4 is 34.1 Å². The molecule has 0 saturated carbocycles. The molecule has 17 nitrogen and oxygen atoms in total. The topological polar surface area (TPSA) is 197 Å². The van der Waals surface area contributed by atoms with E-state index in [2.05, 4.69) is 9.80 Å². The lowest BCUT2D eigenvalue weighted by atomic mass is 9.89. The molecule has 0 radical (unpaired) electrons. The molecular formula is C81H82F8N6O11. The van der Waals surface area contributed by atoms with Gasteiger partial charge >= 0.3 is 38.4 Å². The molecule has 4 aliphatic rings. The molecule has 4 fully saturated rings. The predicted molar refractivity (Wildman–Crippen MR) is 385 cm³/mol. The van der Waals surface area contributed by atoms with Crippen LogP contribution in [0.25, 0.3) is 89.6 Å². The summed E-state index contributed by atoms with van der Waals surface area (Å²) in [5.41, 5.74) is 15.7. The highest BCUT2D eigenvalue weighted by molar-refractivity contribution is 5.87. The molecule has 4 saturated heterocycles. The van der Waals surface area contributed by atoms with Gasteiger partial charge in [-0.3, -0.25) is 29.2 Å². The number of rotatable bonds is 24. The molecular weight excluding hydrogens is 1380 g/mol. The Bertz CT molecular complexity index is 4810. The van der Waals surface area contributed by atoms with Crippen LogP contribution in [0.2, 0.25) is 0 Å². The van der Waals surface area contributed by atoms with Crippen LogP contribution >= 0.6 is 0 Å². The van der Waals surface area contributed by atoms with Gasteiger partial charge in [-0.15, -0.1) is 0 Å². The average molecular weight is 1470 g/mol. The number of ether oxygens (including phenoxy) is 5. The first-order chi connectivity index (χ1) is 50.6. The summed E-state index contributed by atoms with van der Waals surface area (Å²) in [5.74, 6) is -0.509. The van der Waals surface area contributed by atoms with Crippen LogP contribution in [0.3, 0.4) is 0 Å². The summed E-state index contributed by atoms with van der Waals surface area (Å²) in [4.78, 5) is 41.8. The van der Waals surface area contributed by atoms with E-state index in [-0.39, 0.29) is 64.6 Å². The van der Waals surface area contributed by atoms with Crippen LogP contribution in [0.5, 0.6) is 23.0 Å². The second-order valence-electron chi connectivity index (χ2n) is 27.0. The molecule has 0 aliphatic carbocycles. The summed E-state index contributed by atoms with van der Waals surface area (Å²) in [5, 5.41) is 9.64. The zero-order valence-corrected chi connectivity index (χ0v) is 59.2. The van der Waals surface area contributed by atoms with Gasteiger partial charge in [0.25, 0.3) is 0 Å². The molecule has 0 bridgehead atoms. The average Bonchev–Trinajstić information content (AvgIpc) is 1.53. The molecule has 8 aromatic carbocycles. The Kier molecular flexibility index (Phi) is 23.8. The van der Waals surface area contributed by atoms with E-state index in [4.69, 9.17) is 42.5 Å². The van der Waals surface area contributed by atoms with Crippen molar-refractivity contribution in [2.24, 2.45) is 0 Å². The zero-order valence-electron chi connectivity index (χ0n) is 59.2. The Hall–Kier alpha value is -9.92. The number of carboxylic acid groups (broad SMARTS) is 1. The van der Waals surface area contributed by atoms with E-state index in [1.54, 1.807) is 29.2 Å². The lowest BCUT2D eigenvalue weighted by Gasteiger charge is -2.23. The number of halogens is 8. The zero-order chi connectivity index (χ0) is 73.7. The van der Waals surface area contributed by atoms with E-state index in [0.29, 0.717) is 84.6 Å². The van der Waals surface area contributed by atoms with Gasteiger partial charge in [-0.25, -0.2) is 9.97 Å². The molecule has 2 aromatic heterocycles. The number of benzene rings is 8. The molecule has 0 spiro atoms. The largest absolute Gasteiger partial charge is 0.480 e. The lowest BCUT2D eigenvalue weighted by Crippen LogP contribution is -2.36. The van der Waals surface area contributed by atoms with Crippen LogP contribution in [0.4, 0.5) is 35.1 Å². The number of fused-ring (bicyclic) bond motifs is 2. The number of alkyl halides is 8. The normalized spacial score (nSPS) is 16.6. The summed E-state index contributed by atoms with van der Waals surface area (Å²) < 4.78 is 145. The van der Waals surface area contributed by atoms with E-state index in [1.165, 1.54) is 19.2 Å². The fourth-order valence-corrected chi connectivity index (χ4v) is 15.3. The number of oxazole rings is 2. The first-order valence-corrected chi connectivity index (χ1v) is 35.2. The van der Waals surface area contributed by atoms with Crippen molar-refractivity contribution in [2.45, 2.75) is 144 Å². The van der Waals surface area contributed by atoms with Gasteiger partial charge in [0, 0.05) is 71.7 Å². The number of aliphatic carboxylic acids is 1. The quantitative estimate of drug-likeness (QED) is 0.0442. The molecule has 106 heavy (non-hydrogen) atoms. The van der Waals surface area contributed by atoms with Gasteiger partial charge in [0.15, 0.2) is 11.2 Å². The number of hydrogen-bond donors (Lipinski definition) is 1. The number of aromatic nitrogens is 2. The van der Waals surface area contributed by atoms with Crippen molar-refractivity contribution in [1.82, 2.24) is 29.6 Å². The second-order valence-corrected chi connectivity index (χ2v) is 27.0. The van der Waals surface area contributed by atoms with Crippen molar-refractivity contribution in [2.75, 3.05) is 46.4 Å². The van der Waals surface area contributed by atoms with E-state index >= 15 is 0 Å². The highest BCUT2D eigenvalue weighted by Gasteiger charge is 2.35. The van der Waals surface area contributed by atoms with Crippen molar-refractivity contribution < 1.29 is 87.8 Å². The smallest absolute Gasteiger partial charge is 0.387 e. The van der Waals surface area contributed by atoms with Gasteiger partial charge in [0.1, 0.15) is 46.1 Å². The predicted octanol–water partition coefficient (Wildman–Crippen LogP) is 17.9. The van der Waals surface area contributed by atoms with Gasteiger partial charge in [0.05, 0.1) is 7.11 Å². The maximum atomic E-state index is 13.5. The maximum absolute atomic E-state index is 13.5. The SMILES string of the molecule is COC(=O)[C@@H]1CCCN1Cc1cc2nc(-c3cccc(-c4cccc(-c5ccc(CN6CCCC6)c(OC(F)F)c5)c4C)c3C)oc2cc1OC(F)F.Cc1c(-c2ccc(CN3CCCC3)c(OC(F)F)c2)cccc1-c1cccc(-c2nc3cc(CN4CCC[C@H]4C(=O)O)c(OC(F)F)cc3o2)c1C.O. The summed E-state index contributed by atoms with van der Waals surface area (Å²) in [7, 11) is 1.33. The highest BCUT2D eigenvalue weighted by Crippen LogP contribution is 2.44. The third kappa shape index (κ3) is 16.8. The van der Waals surface area contributed by atoms with Crippen LogP contribution in [-0.2, 0) is 40.5 Å². The van der Waals surface area contributed by atoms with Gasteiger partial charge in [0.2, 0.25) is 11.8 Å². The summed E-state index contributed by atoms with van der Waals surface area (Å²) in [6.45, 7) is 2.16. The standard InChI is InChI=1S/C41H41F4N3O5.C40H39F4N3O5.H2O/c1-24-29(26-14-15-27(22-47-16-4-5-17-47)35(20-26)52-40(42)43)9-6-10-30(24)31-11-7-12-32(25(31)2)38-46-33-19-28(36(53-41(44)45)21-37(33)51-38)23-48-18-8-13-34(48)39(49)50-3;1-23-28(25-13-14-26(21-46-15-3-4-16-46)34(19-25)51-39(41)42)8-5-9-29(23)30-10-6-11-31(24(30)2)37-45-32-18-27(22-47-17-7-12-33(47)38(48)49)35(52-40(43)44)20-36(32)50-37;/h6-7,9-12,14-15,19-21,34,40-41H,4-5,8,13,16-18,22-23H2,1-3H3;5-6,8-11,13-14,18-20,33,39-40H,3-4,7,12,15-17,21-22H2,1-2H3,(H,48,49);1H2/t34-;33-;/m00./s1. The number of carboxylic acids is 1. The summed E-state index contributed by atoms with van der Waals surface area (Å²) in [6.07, 6.45) is 6.94. The molecule has 0 unspecified atom stereocenters. The number of carbonyl (C=O) groups is 2. The number of nitrogens with zero attached hydrogens (tertiary/aromatic N) is 6. The third-order valence-electron chi connectivity index (χ3n) is 20.6. The monoisotopic (exact) mass is 1470 g/mol. The Morgan fingerprint density at radius 3 is 1.14 bits per heavy atom. The van der Waals surface area contributed by atoms with Crippen LogP contribution in [0.15, 0.2) is 142 Å².